The van der Waals surface area contributed by atoms with Crippen molar-refractivity contribution in [2.75, 3.05) is 0 Å². The number of aromatic nitrogens is 1. The molecular formula is C11H7ClFNO. The van der Waals surface area contributed by atoms with Crippen LogP contribution in [0.3, 0.4) is 0 Å². The van der Waals surface area contributed by atoms with E-state index in [1.54, 1.807) is 12.1 Å². The number of phenolic OH excluding ortho intramolecular Hbond substituents is 1. The molecule has 0 atom stereocenters. The third-order valence-electron chi connectivity index (χ3n) is 1.98. The zero-order valence-corrected chi connectivity index (χ0v) is 8.37. The molecule has 1 N–H and O–H groups in total. The minimum absolute atomic E-state index is 0.112. The number of benzene rings is 1. The molecule has 0 unspecified atom stereocenters. The van der Waals surface area contributed by atoms with Gasteiger partial charge >= 0.3 is 0 Å². The van der Waals surface area contributed by atoms with Gasteiger partial charge in [-0.25, -0.2) is 4.98 Å². The molecule has 0 bridgehead atoms. The normalized spacial score (nSPS) is 10.3. The fraction of sp³-hybridized carbons (Fsp3) is 0. The average Bonchev–Trinajstić information content (AvgIpc) is 2.22. The average molecular weight is 224 g/mol. The first-order valence-electron chi connectivity index (χ1n) is 4.27. The topological polar surface area (TPSA) is 33.1 Å². The molecule has 2 nitrogen and oxygen atoms in total. The first kappa shape index (κ1) is 9.93. The van der Waals surface area contributed by atoms with Crippen LogP contribution in [0.5, 0.6) is 5.75 Å². The molecule has 1 aromatic heterocycles. The Kier molecular flexibility index (Phi) is 2.56. The van der Waals surface area contributed by atoms with Crippen LogP contribution in [0.4, 0.5) is 4.39 Å². The molecule has 0 spiro atoms. The number of aromatic hydroxyl groups is 1. The molecule has 4 heteroatoms. The van der Waals surface area contributed by atoms with Crippen molar-refractivity contribution in [1.82, 2.24) is 4.98 Å². The summed E-state index contributed by atoms with van der Waals surface area (Å²) < 4.78 is 12.9. The summed E-state index contributed by atoms with van der Waals surface area (Å²) in [5, 5.41) is 9.63. The van der Waals surface area contributed by atoms with Gasteiger partial charge in [0.2, 0.25) is 5.95 Å². The standard InChI is InChI=1S/C11H7ClFNO/c12-10-6-14-11(13)5-9(10)7-2-1-3-8(15)4-7/h1-6,15H. The Morgan fingerprint density at radius 1 is 1.27 bits per heavy atom. The maximum atomic E-state index is 12.9. The molecule has 2 aromatic rings. The van der Waals surface area contributed by atoms with Crippen molar-refractivity contribution < 1.29 is 9.50 Å². The minimum Gasteiger partial charge on any atom is -0.508 e. The van der Waals surface area contributed by atoms with Crippen LogP contribution in [-0.4, -0.2) is 10.1 Å². The molecule has 15 heavy (non-hydrogen) atoms. The van der Waals surface area contributed by atoms with Crippen LogP contribution >= 0.6 is 11.6 Å². The summed E-state index contributed by atoms with van der Waals surface area (Å²) in [7, 11) is 0. The molecule has 0 aliphatic heterocycles. The van der Waals surface area contributed by atoms with E-state index < -0.39 is 5.95 Å². The van der Waals surface area contributed by atoms with Gasteiger partial charge in [0.1, 0.15) is 5.75 Å². The van der Waals surface area contributed by atoms with E-state index in [-0.39, 0.29) is 5.75 Å². The molecule has 2 rings (SSSR count). The van der Waals surface area contributed by atoms with Crippen LogP contribution < -0.4 is 0 Å². The first-order valence-corrected chi connectivity index (χ1v) is 4.65. The van der Waals surface area contributed by atoms with Crippen molar-refractivity contribution in [1.29, 1.82) is 0 Å². The monoisotopic (exact) mass is 223 g/mol. The fourth-order valence-electron chi connectivity index (χ4n) is 1.31. The number of rotatable bonds is 1. The number of nitrogens with zero attached hydrogens (tertiary/aromatic N) is 1. The first-order chi connectivity index (χ1) is 7.16. The van der Waals surface area contributed by atoms with E-state index in [0.29, 0.717) is 16.1 Å². The van der Waals surface area contributed by atoms with Crippen LogP contribution in [0.1, 0.15) is 0 Å². The van der Waals surface area contributed by atoms with Crippen molar-refractivity contribution >= 4 is 11.6 Å². The highest BCUT2D eigenvalue weighted by Gasteiger charge is 2.06. The number of phenols is 1. The third kappa shape index (κ3) is 2.07. The van der Waals surface area contributed by atoms with Gasteiger partial charge in [0.05, 0.1) is 5.02 Å². The Bertz CT molecular complexity index is 502. The lowest BCUT2D eigenvalue weighted by Crippen LogP contribution is -1.85. The van der Waals surface area contributed by atoms with Crippen LogP contribution in [0.2, 0.25) is 5.02 Å². The van der Waals surface area contributed by atoms with E-state index in [2.05, 4.69) is 4.98 Å². The Morgan fingerprint density at radius 2 is 2.07 bits per heavy atom. The lowest BCUT2D eigenvalue weighted by Gasteiger charge is -2.04. The molecular weight excluding hydrogens is 217 g/mol. The summed E-state index contributed by atoms with van der Waals surface area (Å²) in [6.45, 7) is 0. The molecule has 0 radical (unpaired) electrons. The quantitative estimate of drug-likeness (QED) is 0.753. The van der Waals surface area contributed by atoms with Crippen molar-refractivity contribution in [3.05, 3.63) is 47.5 Å². The third-order valence-corrected chi connectivity index (χ3v) is 2.28. The summed E-state index contributed by atoms with van der Waals surface area (Å²) >= 11 is 5.87. The van der Waals surface area contributed by atoms with Crippen molar-refractivity contribution in [3.63, 3.8) is 0 Å². The number of hydrogen-bond acceptors (Lipinski definition) is 2. The van der Waals surface area contributed by atoms with Gasteiger partial charge in [0, 0.05) is 17.8 Å². The van der Waals surface area contributed by atoms with Gasteiger partial charge in [-0.15, -0.1) is 0 Å². The van der Waals surface area contributed by atoms with E-state index in [9.17, 15) is 9.50 Å². The summed E-state index contributed by atoms with van der Waals surface area (Å²) in [4.78, 5) is 3.43. The molecule has 0 aliphatic carbocycles. The summed E-state index contributed by atoms with van der Waals surface area (Å²) in [5.74, 6) is -0.487. The van der Waals surface area contributed by atoms with Gasteiger partial charge in [-0.1, -0.05) is 23.7 Å². The van der Waals surface area contributed by atoms with Gasteiger partial charge in [0.25, 0.3) is 0 Å². The molecule has 0 saturated heterocycles. The molecule has 0 aliphatic rings. The molecule has 1 aromatic carbocycles. The molecule has 0 fully saturated rings. The summed E-state index contributed by atoms with van der Waals surface area (Å²) in [6.07, 6.45) is 1.25. The van der Waals surface area contributed by atoms with Gasteiger partial charge in [-0.05, 0) is 17.7 Å². The smallest absolute Gasteiger partial charge is 0.213 e. The number of pyridine rings is 1. The Morgan fingerprint density at radius 3 is 2.80 bits per heavy atom. The van der Waals surface area contributed by atoms with Crippen LogP contribution in [0, 0.1) is 5.95 Å². The highest BCUT2D eigenvalue weighted by atomic mass is 35.5. The van der Waals surface area contributed by atoms with E-state index in [0.717, 1.165) is 0 Å². The molecule has 0 saturated carbocycles. The number of hydrogen-bond donors (Lipinski definition) is 1. The largest absolute Gasteiger partial charge is 0.508 e. The highest BCUT2D eigenvalue weighted by Crippen LogP contribution is 2.29. The fourth-order valence-corrected chi connectivity index (χ4v) is 1.52. The maximum absolute atomic E-state index is 12.9. The van der Waals surface area contributed by atoms with Crippen LogP contribution in [0.15, 0.2) is 36.5 Å². The van der Waals surface area contributed by atoms with E-state index in [1.165, 1.54) is 24.4 Å². The van der Waals surface area contributed by atoms with Crippen molar-refractivity contribution in [3.8, 4) is 16.9 Å². The molecule has 0 amide bonds. The van der Waals surface area contributed by atoms with Crippen LogP contribution in [0.25, 0.3) is 11.1 Å². The molecule has 76 valence electrons. The second kappa shape index (κ2) is 3.87. The summed E-state index contributed by atoms with van der Waals surface area (Å²) in [5.41, 5.74) is 1.17. The Labute approximate surface area is 91.0 Å². The SMILES string of the molecule is Oc1cccc(-c2cc(F)ncc2Cl)c1. The highest BCUT2D eigenvalue weighted by molar-refractivity contribution is 6.33. The lowest BCUT2D eigenvalue weighted by molar-refractivity contribution is 0.475. The van der Waals surface area contributed by atoms with E-state index >= 15 is 0 Å². The van der Waals surface area contributed by atoms with E-state index in [4.69, 9.17) is 11.6 Å². The van der Waals surface area contributed by atoms with Gasteiger partial charge < -0.3 is 5.11 Å². The van der Waals surface area contributed by atoms with Gasteiger partial charge in [0.15, 0.2) is 0 Å². The second-order valence-electron chi connectivity index (χ2n) is 3.04. The van der Waals surface area contributed by atoms with Crippen molar-refractivity contribution in [2.45, 2.75) is 0 Å². The van der Waals surface area contributed by atoms with Crippen molar-refractivity contribution in [2.24, 2.45) is 0 Å². The molecule has 1 heterocycles. The second-order valence-corrected chi connectivity index (χ2v) is 3.44. The Hall–Kier alpha value is -1.61. The van der Waals surface area contributed by atoms with E-state index in [1.807, 2.05) is 0 Å². The predicted molar refractivity (Wildman–Crippen MR) is 56.3 cm³/mol. The van der Waals surface area contributed by atoms with Gasteiger partial charge in [-0.3, -0.25) is 0 Å². The Balaban J connectivity index is 2.58. The van der Waals surface area contributed by atoms with Crippen LogP contribution in [-0.2, 0) is 0 Å². The zero-order chi connectivity index (χ0) is 10.8. The lowest BCUT2D eigenvalue weighted by atomic mass is 10.1. The summed E-state index contributed by atoms with van der Waals surface area (Å²) in [6, 6.07) is 7.69. The minimum atomic E-state index is -0.599. The number of halogens is 2. The zero-order valence-electron chi connectivity index (χ0n) is 7.61. The van der Waals surface area contributed by atoms with Gasteiger partial charge in [-0.2, -0.15) is 4.39 Å². The predicted octanol–water partition coefficient (Wildman–Crippen LogP) is 3.25. The maximum Gasteiger partial charge on any atom is 0.213 e.